The van der Waals surface area contributed by atoms with Gasteiger partial charge in [-0.3, -0.25) is 9.36 Å². The molecule has 0 bridgehead atoms. The van der Waals surface area contributed by atoms with Crippen LogP contribution in [0.25, 0.3) is 0 Å². The maximum Gasteiger partial charge on any atom is 0.173 e. The zero-order valence-corrected chi connectivity index (χ0v) is 17.6. The molecule has 3 aromatic rings. The van der Waals surface area contributed by atoms with Crippen LogP contribution >= 0.6 is 12.2 Å². The van der Waals surface area contributed by atoms with E-state index in [1.54, 1.807) is 12.1 Å². The summed E-state index contributed by atoms with van der Waals surface area (Å²) in [6, 6.07) is 6.47. The molecule has 0 unspecified atom stereocenters. The Kier molecular flexibility index (Phi) is 5.79. The van der Waals surface area contributed by atoms with Gasteiger partial charge in [-0.15, -0.1) is 0 Å². The van der Waals surface area contributed by atoms with Crippen LogP contribution in [0.5, 0.6) is 0 Å². The molecular formula is C20H25FN6S. The lowest BCUT2D eigenvalue weighted by atomic mass is 10.2. The Morgan fingerprint density at radius 2 is 1.86 bits per heavy atom. The number of nitrogens with one attached hydrogen (secondary N) is 1. The van der Waals surface area contributed by atoms with Gasteiger partial charge in [0, 0.05) is 31.9 Å². The molecule has 0 aliphatic heterocycles. The Morgan fingerprint density at radius 3 is 2.46 bits per heavy atom. The van der Waals surface area contributed by atoms with Crippen LogP contribution in [0.3, 0.4) is 0 Å². The Hall–Kier alpha value is -2.74. The number of anilines is 1. The minimum absolute atomic E-state index is 0.239. The molecule has 0 spiro atoms. The van der Waals surface area contributed by atoms with Gasteiger partial charge in [0.25, 0.3) is 0 Å². The molecule has 1 N–H and O–H groups in total. The lowest BCUT2D eigenvalue weighted by Gasteiger charge is -2.21. The van der Waals surface area contributed by atoms with Gasteiger partial charge >= 0.3 is 0 Å². The molecule has 8 heteroatoms. The molecule has 0 aliphatic rings. The Balaban J connectivity index is 1.71. The highest BCUT2D eigenvalue weighted by atomic mass is 32.1. The van der Waals surface area contributed by atoms with Crippen LogP contribution in [0.4, 0.5) is 10.1 Å². The molecule has 0 aliphatic carbocycles. The van der Waals surface area contributed by atoms with E-state index < -0.39 is 0 Å². The van der Waals surface area contributed by atoms with Crippen molar-refractivity contribution in [1.29, 1.82) is 0 Å². The summed E-state index contributed by atoms with van der Waals surface area (Å²) in [6.45, 7) is 7.24. The summed E-state index contributed by atoms with van der Waals surface area (Å²) in [5.41, 5.74) is 6.00. The molecule has 3 rings (SSSR count). The zero-order chi connectivity index (χ0) is 20.4. The monoisotopic (exact) mass is 400 g/mol. The fourth-order valence-corrected chi connectivity index (χ4v) is 3.19. The summed E-state index contributed by atoms with van der Waals surface area (Å²) in [4.78, 5) is 1.98. The van der Waals surface area contributed by atoms with Gasteiger partial charge in [0.1, 0.15) is 5.82 Å². The highest BCUT2D eigenvalue weighted by Crippen LogP contribution is 2.21. The first-order valence-corrected chi connectivity index (χ1v) is 9.45. The maximum atomic E-state index is 13.1. The number of thiocarbonyl (C=S) groups is 1. The smallest absolute Gasteiger partial charge is 0.173 e. The molecule has 2 heterocycles. The largest absolute Gasteiger partial charge is 0.348 e. The third-order valence-electron chi connectivity index (χ3n) is 4.95. The lowest BCUT2D eigenvalue weighted by molar-refractivity contribution is 0.506. The molecular weight excluding hydrogens is 375 g/mol. The summed E-state index contributed by atoms with van der Waals surface area (Å²) < 4.78 is 16.9. The van der Waals surface area contributed by atoms with E-state index in [2.05, 4.69) is 15.5 Å². The average Bonchev–Trinajstić information content (AvgIpc) is 3.11. The average molecular weight is 401 g/mol. The highest BCUT2D eigenvalue weighted by Gasteiger charge is 2.16. The quantitative estimate of drug-likeness (QED) is 0.664. The van der Waals surface area contributed by atoms with Gasteiger partial charge in [-0.1, -0.05) is 12.1 Å². The molecule has 0 atom stereocenters. The van der Waals surface area contributed by atoms with Gasteiger partial charge in [0.05, 0.1) is 29.8 Å². The van der Waals surface area contributed by atoms with Crippen molar-refractivity contribution in [2.24, 2.45) is 7.05 Å². The van der Waals surface area contributed by atoms with Crippen molar-refractivity contribution in [3.8, 4) is 0 Å². The topological polar surface area (TPSA) is 50.9 Å². The van der Waals surface area contributed by atoms with E-state index in [-0.39, 0.29) is 5.82 Å². The summed E-state index contributed by atoms with van der Waals surface area (Å²) in [5, 5.41) is 12.8. The number of hydrogen-bond donors (Lipinski definition) is 1. The third kappa shape index (κ3) is 4.22. The van der Waals surface area contributed by atoms with Crippen LogP contribution < -0.4 is 5.32 Å². The standard InChI is InChI=1S/C20H25FN6S/c1-13-19(15(3)27(24-13)11-16-6-8-18(21)9-7-16)23-20(28)25(4)12-17-10-22-26(5)14(17)2/h6-10H,11-12H2,1-5H3,(H,23,28). The number of nitrogens with zero attached hydrogens (tertiary/aromatic N) is 5. The first kappa shape index (κ1) is 20.0. The van der Waals surface area contributed by atoms with Crippen molar-refractivity contribution in [2.45, 2.75) is 33.9 Å². The summed E-state index contributed by atoms with van der Waals surface area (Å²) in [7, 11) is 3.88. The van der Waals surface area contributed by atoms with Crippen LogP contribution in [0.1, 0.15) is 28.2 Å². The maximum absolute atomic E-state index is 13.1. The molecule has 148 valence electrons. The SMILES string of the molecule is Cc1nn(Cc2ccc(F)cc2)c(C)c1NC(=S)N(C)Cc1cnn(C)c1C. The number of aryl methyl sites for hydroxylation is 2. The van der Waals surface area contributed by atoms with Crippen molar-refractivity contribution >= 4 is 23.0 Å². The van der Waals surface area contributed by atoms with E-state index in [1.807, 2.05) is 55.3 Å². The van der Waals surface area contributed by atoms with Gasteiger partial charge in [-0.2, -0.15) is 10.2 Å². The van der Waals surface area contributed by atoms with E-state index in [1.165, 1.54) is 12.1 Å². The first-order valence-electron chi connectivity index (χ1n) is 9.04. The van der Waals surface area contributed by atoms with Crippen molar-refractivity contribution in [3.05, 3.63) is 64.5 Å². The van der Waals surface area contributed by atoms with Gasteiger partial charge in [-0.05, 0) is 50.7 Å². The summed E-state index contributed by atoms with van der Waals surface area (Å²) >= 11 is 5.59. The van der Waals surface area contributed by atoms with Crippen molar-refractivity contribution in [3.63, 3.8) is 0 Å². The highest BCUT2D eigenvalue weighted by molar-refractivity contribution is 7.80. The van der Waals surface area contributed by atoms with Crippen LogP contribution in [0.2, 0.25) is 0 Å². The Labute approximate surface area is 170 Å². The lowest BCUT2D eigenvalue weighted by Crippen LogP contribution is -2.31. The number of rotatable bonds is 5. The number of halogens is 1. The van der Waals surface area contributed by atoms with Gasteiger partial charge < -0.3 is 10.2 Å². The molecule has 2 aromatic heterocycles. The van der Waals surface area contributed by atoms with Crippen LogP contribution in [0.15, 0.2) is 30.5 Å². The van der Waals surface area contributed by atoms with Crippen molar-refractivity contribution in [2.75, 3.05) is 12.4 Å². The van der Waals surface area contributed by atoms with E-state index in [4.69, 9.17) is 12.2 Å². The minimum atomic E-state index is -0.239. The first-order chi connectivity index (χ1) is 13.3. The van der Waals surface area contributed by atoms with E-state index in [0.29, 0.717) is 18.2 Å². The number of aromatic nitrogens is 4. The van der Waals surface area contributed by atoms with E-state index in [0.717, 1.165) is 33.9 Å². The second kappa shape index (κ2) is 8.10. The fourth-order valence-electron chi connectivity index (χ4n) is 3.02. The minimum Gasteiger partial charge on any atom is -0.348 e. The molecule has 0 saturated heterocycles. The molecule has 0 saturated carbocycles. The number of benzene rings is 1. The van der Waals surface area contributed by atoms with Crippen LogP contribution in [0, 0.1) is 26.6 Å². The summed E-state index contributed by atoms with van der Waals surface area (Å²) in [6.07, 6.45) is 1.87. The zero-order valence-electron chi connectivity index (χ0n) is 16.8. The molecule has 0 fully saturated rings. The van der Waals surface area contributed by atoms with Gasteiger partial charge in [-0.25, -0.2) is 4.39 Å². The predicted molar refractivity (Wildman–Crippen MR) is 113 cm³/mol. The van der Waals surface area contributed by atoms with Crippen molar-refractivity contribution < 1.29 is 4.39 Å². The second-order valence-corrected chi connectivity index (χ2v) is 7.38. The van der Waals surface area contributed by atoms with Crippen LogP contribution in [-0.2, 0) is 20.1 Å². The number of hydrogen-bond acceptors (Lipinski definition) is 3. The second-order valence-electron chi connectivity index (χ2n) is 6.99. The predicted octanol–water partition coefficient (Wildman–Crippen LogP) is 3.56. The Bertz CT molecular complexity index is 989. The molecule has 0 amide bonds. The van der Waals surface area contributed by atoms with E-state index >= 15 is 0 Å². The normalized spacial score (nSPS) is 10.9. The molecule has 6 nitrogen and oxygen atoms in total. The summed E-state index contributed by atoms with van der Waals surface area (Å²) in [5.74, 6) is -0.239. The third-order valence-corrected chi connectivity index (χ3v) is 5.36. The van der Waals surface area contributed by atoms with E-state index in [9.17, 15) is 4.39 Å². The van der Waals surface area contributed by atoms with Gasteiger partial charge in [0.2, 0.25) is 0 Å². The Morgan fingerprint density at radius 1 is 1.18 bits per heavy atom. The molecule has 0 radical (unpaired) electrons. The fraction of sp³-hybridized carbons (Fsp3) is 0.350. The molecule has 1 aromatic carbocycles. The van der Waals surface area contributed by atoms with Crippen LogP contribution in [-0.4, -0.2) is 36.6 Å². The van der Waals surface area contributed by atoms with Crippen molar-refractivity contribution in [1.82, 2.24) is 24.5 Å². The molecule has 28 heavy (non-hydrogen) atoms. The van der Waals surface area contributed by atoms with Gasteiger partial charge in [0.15, 0.2) is 5.11 Å².